The van der Waals surface area contributed by atoms with Crippen LogP contribution in [0.15, 0.2) is 58.2 Å². The molecule has 0 saturated carbocycles. The second-order valence-corrected chi connectivity index (χ2v) is 8.05. The summed E-state index contributed by atoms with van der Waals surface area (Å²) in [7, 11) is 0. The molecule has 1 heterocycles. The highest BCUT2D eigenvalue weighted by molar-refractivity contribution is 9.10. The Balaban J connectivity index is 2.28. The predicted molar refractivity (Wildman–Crippen MR) is 97.1 cm³/mol. The molecule has 118 valence electrons. The number of hydrogen-bond acceptors (Lipinski definition) is 3. The van der Waals surface area contributed by atoms with Crippen molar-refractivity contribution < 1.29 is 5.11 Å². The molecule has 2 aromatic rings. The fourth-order valence-electron chi connectivity index (χ4n) is 2.29. The predicted octanol–water partition coefficient (Wildman–Crippen LogP) is 5.26. The fraction of sp³-hybridized carbons (Fsp3) is 0.389. The fourth-order valence-corrected chi connectivity index (χ4v) is 3.81. The molecular weight excluding hydrogens is 358 g/mol. The van der Waals surface area contributed by atoms with Gasteiger partial charge in [-0.1, -0.05) is 42.8 Å². The van der Waals surface area contributed by atoms with Gasteiger partial charge in [-0.2, -0.15) is 0 Å². The van der Waals surface area contributed by atoms with Gasteiger partial charge in [0.15, 0.2) is 0 Å². The first-order valence-electron chi connectivity index (χ1n) is 7.40. The van der Waals surface area contributed by atoms with Crippen molar-refractivity contribution in [2.24, 2.45) is 5.41 Å². The van der Waals surface area contributed by atoms with Gasteiger partial charge in [-0.25, -0.2) is 0 Å². The molecule has 2 rings (SSSR count). The van der Waals surface area contributed by atoms with Crippen LogP contribution in [0.5, 0.6) is 0 Å². The van der Waals surface area contributed by atoms with E-state index < -0.39 is 5.60 Å². The molecule has 0 radical (unpaired) electrons. The Labute approximate surface area is 145 Å². The molecule has 1 N–H and O–H groups in total. The highest BCUT2D eigenvalue weighted by Crippen LogP contribution is 2.45. The highest BCUT2D eigenvalue weighted by Gasteiger charge is 2.43. The van der Waals surface area contributed by atoms with E-state index in [1.807, 2.05) is 24.3 Å². The largest absolute Gasteiger partial charge is 0.384 e. The quantitative estimate of drug-likeness (QED) is 0.694. The standard InChI is InChI=1S/C18H22BrNOS/c1-4-17(2,3)18(21,14-6-5-11-20-12-14)13-22-16-9-7-15(19)8-10-16/h5-12,21H,4,13H2,1-3H3. The zero-order chi connectivity index (χ0) is 16.2. The van der Waals surface area contributed by atoms with E-state index in [-0.39, 0.29) is 5.41 Å². The Bertz CT molecular complexity index is 600. The molecule has 0 fully saturated rings. The summed E-state index contributed by atoms with van der Waals surface area (Å²) in [6.07, 6.45) is 4.41. The first kappa shape index (κ1) is 17.5. The van der Waals surface area contributed by atoms with E-state index in [0.29, 0.717) is 5.75 Å². The van der Waals surface area contributed by atoms with Gasteiger partial charge in [0.1, 0.15) is 5.60 Å². The summed E-state index contributed by atoms with van der Waals surface area (Å²) in [6.45, 7) is 6.34. The van der Waals surface area contributed by atoms with Crippen LogP contribution in [0.2, 0.25) is 0 Å². The van der Waals surface area contributed by atoms with Gasteiger partial charge in [-0.15, -0.1) is 11.8 Å². The maximum atomic E-state index is 11.5. The molecule has 1 aromatic carbocycles. The minimum Gasteiger partial charge on any atom is -0.384 e. The molecule has 0 aliphatic rings. The third kappa shape index (κ3) is 3.73. The highest BCUT2D eigenvalue weighted by atomic mass is 79.9. The van der Waals surface area contributed by atoms with Crippen molar-refractivity contribution in [3.05, 3.63) is 58.8 Å². The number of aliphatic hydroxyl groups is 1. The van der Waals surface area contributed by atoms with Crippen LogP contribution in [-0.4, -0.2) is 15.8 Å². The van der Waals surface area contributed by atoms with Crippen LogP contribution >= 0.6 is 27.7 Å². The smallest absolute Gasteiger partial charge is 0.105 e. The molecule has 1 atom stereocenters. The van der Waals surface area contributed by atoms with Crippen molar-refractivity contribution in [2.45, 2.75) is 37.7 Å². The topological polar surface area (TPSA) is 33.1 Å². The summed E-state index contributed by atoms with van der Waals surface area (Å²) < 4.78 is 1.06. The summed E-state index contributed by atoms with van der Waals surface area (Å²) in [5.41, 5.74) is -0.280. The number of halogens is 1. The third-order valence-corrected chi connectivity index (χ3v) is 6.10. The molecule has 0 amide bonds. The van der Waals surface area contributed by atoms with Gasteiger partial charge in [0.25, 0.3) is 0 Å². The first-order chi connectivity index (χ1) is 10.4. The maximum absolute atomic E-state index is 11.5. The molecule has 0 saturated heterocycles. The second-order valence-electron chi connectivity index (χ2n) is 6.08. The number of benzene rings is 1. The number of thioether (sulfide) groups is 1. The van der Waals surface area contributed by atoms with Crippen LogP contribution in [-0.2, 0) is 5.60 Å². The lowest BCUT2D eigenvalue weighted by Crippen LogP contribution is -2.44. The van der Waals surface area contributed by atoms with E-state index in [2.05, 4.69) is 53.8 Å². The van der Waals surface area contributed by atoms with Gasteiger partial charge in [-0.3, -0.25) is 4.98 Å². The molecular formula is C18H22BrNOS. The van der Waals surface area contributed by atoms with Crippen molar-refractivity contribution in [1.29, 1.82) is 0 Å². The normalized spacial score (nSPS) is 14.6. The van der Waals surface area contributed by atoms with Crippen LogP contribution in [0.4, 0.5) is 0 Å². The first-order valence-corrected chi connectivity index (χ1v) is 9.18. The summed E-state index contributed by atoms with van der Waals surface area (Å²) >= 11 is 5.12. The average molecular weight is 380 g/mol. The number of hydrogen-bond donors (Lipinski definition) is 1. The van der Waals surface area contributed by atoms with E-state index in [4.69, 9.17) is 0 Å². The monoisotopic (exact) mass is 379 g/mol. The number of aromatic nitrogens is 1. The molecule has 4 heteroatoms. The Kier molecular flexibility index (Phi) is 5.70. The zero-order valence-electron chi connectivity index (χ0n) is 13.2. The van der Waals surface area contributed by atoms with Crippen molar-refractivity contribution in [2.75, 3.05) is 5.75 Å². The Morgan fingerprint density at radius 2 is 1.86 bits per heavy atom. The van der Waals surface area contributed by atoms with E-state index in [9.17, 15) is 5.11 Å². The minimum atomic E-state index is -0.923. The molecule has 22 heavy (non-hydrogen) atoms. The summed E-state index contributed by atoms with van der Waals surface area (Å²) in [6, 6.07) is 12.0. The Hall–Kier alpha value is -0.840. The van der Waals surface area contributed by atoms with E-state index in [0.717, 1.165) is 21.4 Å². The zero-order valence-corrected chi connectivity index (χ0v) is 15.6. The molecule has 1 unspecified atom stereocenters. The lowest BCUT2D eigenvalue weighted by Gasteiger charge is -2.42. The molecule has 0 aliphatic carbocycles. The SMILES string of the molecule is CCC(C)(C)C(O)(CSc1ccc(Br)cc1)c1cccnc1. The summed E-state index contributed by atoms with van der Waals surface area (Å²) in [4.78, 5) is 5.34. The second kappa shape index (κ2) is 7.16. The number of nitrogens with zero attached hydrogens (tertiary/aromatic N) is 1. The van der Waals surface area contributed by atoms with Crippen LogP contribution in [0.1, 0.15) is 32.8 Å². The van der Waals surface area contributed by atoms with Crippen LogP contribution in [0.3, 0.4) is 0 Å². The van der Waals surface area contributed by atoms with Crippen molar-refractivity contribution in [3.8, 4) is 0 Å². The lowest BCUT2D eigenvalue weighted by atomic mass is 9.70. The molecule has 0 spiro atoms. The van der Waals surface area contributed by atoms with Crippen LogP contribution in [0, 0.1) is 5.41 Å². The minimum absolute atomic E-state index is 0.238. The van der Waals surface area contributed by atoms with E-state index >= 15 is 0 Å². The van der Waals surface area contributed by atoms with Crippen LogP contribution < -0.4 is 0 Å². The van der Waals surface area contributed by atoms with Gasteiger partial charge in [0.05, 0.1) is 0 Å². The van der Waals surface area contributed by atoms with Crippen molar-refractivity contribution in [3.63, 3.8) is 0 Å². The van der Waals surface area contributed by atoms with Gasteiger partial charge >= 0.3 is 0 Å². The van der Waals surface area contributed by atoms with Gasteiger partial charge in [0.2, 0.25) is 0 Å². The molecule has 1 aromatic heterocycles. The van der Waals surface area contributed by atoms with Gasteiger partial charge < -0.3 is 5.11 Å². The Morgan fingerprint density at radius 3 is 2.41 bits per heavy atom. The lowest BCUT2D eigenvalue weighted by molar-refractivity contribution is -0.0550. The van der Waals surface area contributed by atoms with Crippen molar-refractivity contribution >= 4 is 27.7 Å². The summed E-state index contributed by atoms with van der Waals surface area (Å²) in [5, 5.41) is 11.5. The summed E-state index contributed by atoms with van der Waals surface area (Å²) in [5.74, 6) is 0.598. The number of pyridine rings is 1. The van der Waals surface area contributed by atoms with E-state index in [1.54, 1.807) is 24.2 Å². The van der Waals surface area contributed by atoms with Gasteiger partial charge in [-0.05, 0) is 42.2 Å². The molecule has 0 bridgehead atoms. The van der Waals surface area contributed by atoms with Gasteiger partial charge in [0, 0.05) is 33.1 Å². The van der Waals surface area contributed by atoms with Crippen molar-refractivity contribution in [1.82, 2.24) is 4.98 Å². The van der Waals surface area contributed by atoms with E-state index in [1.165, 1.54) is 0 Å². The van der Waals surface area contributed by atoms with Crippen LogP contribution in [0.25, 0.3) is 0 Å². The average Bonchev–Trinajstić information content (AvgIpc) is 2.54. The molecule has 0 aliphatic heterocycles. The molecule has 2 nitrogen and oxygen atoms in total. The third-order valence-electron chi connectivity index (χ3n) is 4.40. The number of rotatable bonds is 6. The maximum Gasteiger partial charge on any atom is 0.105 e. The Morgan fingerprint density at radius 1 is 1.18 bits per heavy atom.